The maximum atomic E-state index is 13.0. The molecule has 1 heterocycles. The number of morpholine rings is 1. The Morgan fingerprint density at radius 3 is 2.85 bits per heavy atom. The van der Waals surface area contributed by atoms with Crippen LogP contribution in [0.25, 0.3) is 0 Å². The molecule has 0 saturated carbocycles. The number of benzene rings is 1. The number of guanidine groups is 1. The number of nitrogens with one attached hydrogen (secondary N) is 1. The lowest BCUT2D eigenvalue weighted by Crippen LogP contribution is -2.48. The number of alkyl halides is 3. The summed E-state index contributed by atoms with van der Waals surface area (Å²) in [4.78, 5) is 6.33. The smallest absolute Gasteiger partial charge is 0.385 e. The van der Waals surface area contributed by atoms with Crippen LogP contribution in [0.4, 0.5) is 13.2 Å². The normalized spacial score (nSPS) is 18.6. The minimum absolute atomic E-state index is 0.415. The molecule has 1 aromatic rings. The summed E-state index contributed by atoms with van der Waals surface area (Å²) in [6, 6.07) is 5.34. The highest BCUT2D eigenvalue weighted by Gasteiger charge is 2.32. The molecule has 27 heavy (non-hydrogen) atoms. The summed E-state index contributed by atoms with van der Waals surface area (Å²) in [6.07, 6.45) is -1.68. The molecule has 0 radical (unpaired) electrons. The Hall–Kier alpha value is -1.80. The molecule has 1 aromatic carbocycles. The third-order valence-electron chi connectivity index (χ3n) is 4.47. The van der Waals surface area contributed by atoms with Gasteiger partial charge in [-0.25, -0.2) is 0 Å². The van der Waals surface area contributed by atoms with Crippen molar-refractivity contribution in [1.29, 1.82) is 0 Å². The number of ether oxygens (including phenoxy) is 2. The number of hydrogen-bond donors (Lipinski definition) is 1. The Bertz CT molecular complexity index is 608. The van der Waals surface area contributed by atoms with Gasteiger partial charge in [-0.3, -0.25) is 4.99 Å². The maximum absolute atomic E-state index is 13.0. The molecular weight excluding hydrogens is 359 g/mol. The highest BCUT2D eigenvalue weighted by Crippen LogP contribution is 2.32. The predicted molar refractivity (Wildman–Crippen MR) is 98.8 cm³/mol. The third-order valence-corrected chi connectivity index (χ3v) is 4.47. The van der Waals surface area contributed by atoms with Crippen molar-refractivity contribution in [2.75, 3.05) is 47.0 Å². The lowest BCUT2D eigenvalue weighted by Gasteiger charge is -2.35. The van der Waals surface area contributed by atoms with E-state index in [1.165, 1.54) is 12.1 Å². The maximum Gasteiger partial charge on any atom is 0.416 e. The van der Waals surface area contributed by atoms with E-state index in [1.54, 1.807) is 20.2 Å². The number of hydrogen-bond acceptors (Lipinski definition) is 3. The van der Waals surface area contributed by atoms with E-state index in [2.05, 4.69) is 10.3 Å². The zero-order chi connectivity index (χ0) is 19.7. The standard InChI is InChI=1S/C19H28F3N3O2/c1-23-18(24-9-4-3-5-11-26-2)25-10-12-27-17(14-25)15-7-6-8-16(13-15)19(20,21)22/h6-8,13,17H,3-5,9-12,14H2,1-2H3,(H,23,24). The molecule has 1 fully saturated rings. The topological polar surface area (TPSA) is 46.1 Å². The number of unbranched alkanes of at least 4 members (excludes halogenated alkanes) is 2. The number of methoxy groups -OCH3 is 1. The van der Waals surface area contributed by atoms with Crippen LogP contribution in [0.1, 0.15) is 36.5 Å². The van der Waals surface area contributed by atoms with Crippen molar-refractivity contribution in [3.05, 3.63) is 35.4 Å². The largest absolute Gasteiger partial charge is 0.416 e. The number of nitrogens with zero attached hydrogens (tertiary/aromatic N) is 2. The Balaban J connectivity index is 1.92. The summed E-state index contributed by atoms with van der Waals surface area (Å²) in [7, 11) is 3.40. The monoisotopic (exact) mass is 387 g/mol. The van der Waals surface area contributed by atoms with Gasteiger partial charge in [-0.1, -0.05) is 12.1 Å². The second-order valence-corrected chi connectivity index (χ2v) is 6.46. The summed E-state index contributed by atoms with van der Waals surface area (Å²) in [5.41, 5.74) is -0.121. The summed E-state index contributed by atoms with van der Waals surface area (Å²) < 4.78 is 49.6. The van der Waals surface area contributed by atoms with Gasteiger partial charge in [-0.15, -0.1) is 0 Å². The first-order valence-electron chi connectivity index (χ1n) is 9.19. The van der Waals surface area contributed by atoms with E-state index in [0.29, 0.717) is 25.3 Å². The molecule has 0 spiro atoms. The molecule has 1 atom stereocenters. The Morgan fingerprint density at radius 1 is 1.33 bits per heavy atom. The van der Waals surface area contributed by atoms with Gasteiger partial charge in [0.2, 0.25) is 0 Å². The zero-order valence-corrected chi connectivity index (χ0v) is 15.9. The molecule has 0 bridgehead atoms. The van der Waals surface area contributed by atoms with Crippen LogP contribution in [0.3, 0.4) is 0 Å². The van der Waals surface area contributed by atoms with Crippen molar-refractivity contribution in [3.8, 4) is 0 Å². The predicted octanol–water partition coefficient (Wildman–Crippen LogP) is 3.47. The van der Waals surface area contributed by atoms with Crippen LogP contribution in [0, 0.1) is 0 Å². The Kier molecular flexibility index (Phi) is 8.37. The van der Waals surface area contributed by atoms with Gasteiger partial charge in [-0.2, -0.15) is 13.2 Å². The van der Waals surface area contributed by atoms with Crippen LogP contribution in [-0.4, -0.2) is 57.9 Å². The molecule has 1 unspecified atom stereocenters. The van der Waals surface area contributed by atoms with E-state index in [-0.39, 0.29) is 0 Å². The molecule has 0 amide bonds. The van der Waals surface area contributed by atoms with Gasteiger partial charge in [0.15, 0.2) is 5.96 Å². The fourth-order valence-corrected chi connectivity index (χ4v) is 3.04. The van der Waals surface area contributed by atoms with Crippen molar-refractivity contribution >= 4 is 5.96 Å². The van der Waals surface area contributed by atoms with Crippen LogP contribution >= 0.6 is 0 Å². The van der Waals surface area contributed by atoms with Gasteiger partial charge >= 0.3 is 6.18 Å². The average molecular weight is 387 g/mol. The lowest BCUT2D eigenvalue weighted by atomic mass is 10.0. The fraction of sp³-hybridized carbons (Fsp3) is 0.632. The number of aliphatic imine (C=N–C) groups is 1. The van der Waals surface area contributed by atoms with E-state index >= 15 is 0 Å². The van der Waals surface area contributed by atoms with E-state index in [1.807, 2.05) is 4.90 Å². The molecule has 0 aromatic heterocycles. The molecule has 1 aliphatic rings. The van der Waals surface area contributed by atoms with Crippen LogP contribution in [0.5, 0.6) is 0 Å². The summed E-state index contributed by atoms with van der Waals surface area (Å²) >= 11 is 0. The van der Waals surface area contributed by atoms with E-state index in [4.69, 9.17) is 9.47 Å². The van der Waals surface area contributed by atoms with Gasteiger partial charge in [0, 0.05) is 33.9 Å². The highest BCUT2D eigenvalue weighted by atomic mass is 19.4. The Morgan fingerprint density at radius 2 is 2.15 bits per heavy atom. The Labute approximate surface area is 158 Å². The second-order valence-electron chi connectivity index (χ2n) is 6.46. The fourth-order valence-electron chi connectivity index (χ4n) is 3.04. The molecule has 1 N–H and O–H groups in total. The molecule has 1 saturated heterocycles. The molecule has 152 valence electrons. The summed E-state index contributed by atoms with van der Waals surface area (Å²) in [5, 5.41) is 3.32. The van der Waals surface area contributed by atoms with Gasteiger partial charge < -0.3 is 19.7 Å². The first-order chi connectivity index (χ1) is 13.0. The first-order valence-corrected chi connectivity index (χ1v) is 9.19. The molecular formula is C19H28F3N3O2. The van der Waals surface area contributed by atoms with Gasteiger partial charge in [0.05, 0.1) is 18.7 Å². The van der Waals surface area contributed by atoms with Crippen molar-refractivity contribution in [3.63, 3.8) is 0 Å². The number of halogens is 3. The third kappa shape index (κ3) is 6.70. The van der Waals surface area contributed by atoms with Crippen LogP contribution in [0.15, 0.2) is 29.3 Å². The summed E-state index contributed by atoms with van der Waals surface area (Å²) in [5.74, 6) is 0.752. The zero-order valence-electron chi connectivity index (χ0n) is 15.9. The lowest BCUT2D eigenvalue weighted by molar-refractivity contribution is -0.137. The van der Waals surface area contributed by atoms with Crippen molar-refractivity contribution < 1.29 is 22.6 Å². The van der Waals surface area contributed by atoms with Crippen molar-refractivity contribution in [2.45, 2.75) is 31.5 Å². The first kappa shape index (κ1) is 21.5. The second kappa shape index (κ2) is 10.5. The van der Waals surface area contributed by atoms with E-state index in [0.717, 1.165) is 44.4 Å². The van der Waals surface area contributed by atoms with E-state index in [9.17, 15) is 13.2 Å². The summed E-state index contributed by atoms with van der Waals surface area (Å²) in [6.45, 7) is 3.11. The SMILES string of the molecule is CN=C(NCCCCCOC)N1CCOC(c2cccc(C(F)(F)F)c2)C1. The minimum atomic E-state index is -4.36. The van der Waals surface area contributed by atoms with Crippen LogP contribution in [-0.2, 0) is 15.7 Å². The van der Waals surface area contributed by atoms with Gasteiger partial charge in [0.1, 0.15) is 6.10 Å². The van der Waals surface area contributed by atoms with Crippen LogP contribution in [0.2, 0.25) is 0 Å². The van der Waals surface area contributed by atoms with Gasteiger partial charge in [-0.05, 0) is 37.0 Å². The molecule has 5 nitrogen and oxygen atoms in total. The molecule has 8 heteroatoms. The van der Waals surface area contributed by atoms with E-state index < -0.39 is 17.8 Å². The highest BCUT2D eigenvalue weighted by molar-refractivity contribution is 5.80. The van der Waals surface area contributed by atoms with Crippen molar-refractivity contribution in [1.82, 2.24) is 10.2 Å². The molecule has 0 aliphatic carbocycles. The average Bonchev–Trinajstić information content (AvgIpc) is 2.67. The van der Waals surface area contributed by atoms with Crippen LogP contribution < -0.4 is 5.32 Å². The van der Waals surface area contributed by atoms with Gasteiger partial charge in [0.25, 0.3) is 0 Å². The number of rotatable bonds is 7. The molecule has 2 rings (SSSR count). The quantitative estimate of drug-likeness (QED) is 0.442. The minimum Gasteiger partial charge on any atom is -0.385 e. The van der Waals surface area contributed by atoms with Crippen molar-refractivity contribution in [2.24, 2.45) is 4.99 Å². The molecule has 1 aliphatic heterocycles.